The fourth-order valence-corrected chi connectivity index (χ4v) is 5.22. The van der Waals surface area contributed by atoms with Crippen LogP contribution in [0.2, 0.25) is 5.02 Å². The van der Waals surface area contributed by atoms with E-state index in [0.717, 1.165) is 22.3 Å². The van der Waals surface area contributed by atoms with Crippen molar-refractivity contribution in [3.63, 3.8) is 0 Å². The van der Waals surface area contributed by atoms with Crippen LogP contribution in [0.1, 0.15) is 36.0 Å². The van der Waals surface area contributed by atoms with Crippen molar-refractivity contribution in [1.82, 2.24) is 4.90 Å². The zero-order valence-electron chi connectivity index (χ0n) is 15.3. The Kier molecular flexibility index (Phi) is 3.81. The Balaban J connectivity index is 1.58. The van der Waals surface area contributed by atoms with Crippen molar-refractivity contribution in [2.24, 2.45) is 11.8 Å². The number of likely N-dealkylation sites (tertiary alicyclic amines) is 1. The zero-order valence-corrected chi connectivity index (χ0v) is 16.1. The third-order valence-electron chi connectivity index (χ3n) is 6.29. The first-order valence-electron chi connectivity index (χ1n) is 9.40. The van der Waals surface area contributed by atoms with Gasteiger partial charge in [0.25, 0.3) is 0 Å². The highest BCUT2D eigenvalue weighted by Gasteiger charge is 2.58. The lowest BCUT2D eigenvalue weighted by Crippen LogP contribution is -2.34. The van der Waals surface area contributed by atoms with Crippen LogP contribution in [0.4, 0.5) is 0 Å². The Hall–Kier alpha value is -2.72. The first-order chi connectivity index (χ1) is 13.5. The van der Waals surface area contributed by atoms with E-state index in [1.54, 1.807) is 6.07 Å². The quantitative estimate of drug-likeness (QED) is 0.727. The van der Waals surface area contributed by atoms with Crippen LogP contribution in [0, 0.1) is 11.8 Å². The lowest BCUT2D eigenvalue weighted by Gasteiger charge is -2.30. The number of ketones is 1. The summed E-state index contributed by atoms with van der Waals surface area (Å²) in [5.41, 5.74) is 4.32. The van der Waals surface area contributed by atoms with Crippen molar-refractivity contribution < 1.29 is 14.4 Å². The Morgan fingerprint density at radius 1 is 1.04 bits per heavy atom. The van der Waals surface area contributed by atoms with Crippen LogP contribution in [-0.2, 0) is 20.9 Å². The van der Waals surface area contributed by atoms with E-state index in [4.69, 9.17) is 11.6 Å². The van der Waals surface area contributed by atoms with Crippen molar-refractivity contribution in [3.05, 3.63) is 75.8 Å². The summed E-state index contributed by atoms with van der Waals surface area (Å²) < 4.78 is 0. The molecule has 2 aromatic carbocycles. The summed E-state index contributed by atoms with van der Waals surface area (Å²) in [6.07, 6.45) is 0.103. The fraction of sp³-hybridized carbons (Fsp3) is 0.261. The number of nitrogens with zero attached hydrogens (tertiary/aromatic N) is 1. The van der Waals surface area contributed by atoms with E-state index in [0.29, 0.717) is 10.6 Å². The molecule has 0 N–H and O–H groups in total. The summed E-state index contributed by atoms with van der Waals surface area (Å²) in [6, 6.07) is 15.0. The molecule has 3 aliphatic rings. The van der Waals surface area contributed by atoms with Gasteiger partial charge in [0.1, 0.15) is 0 Å². The molecule has 4 nitrogen and oxygen atoms in total. The van der Waals surface area contributed by atoms with Crippen molar-refractivity contribution in [2.75, 3.05) is 0 Å². The summed E-state index contributed by atoms with van der Waals surface area (Å²) in [5.74, 6) is -1.88. The smallest absolute Gasteiger partial charge is 0.234 e. The molecule has 5 rings (SSSR count). The fourth-order valence-electron chi connectivity index (χ4n) is 5.05. The maximum Gasteiger partial charge on any atom is 0.234 e. The highest BCUT2D eigenvalue weighted by atomic mass is 35.5. The molecule has 1 saturated heterocycles. The normalized spacial score (nSPS) is 25.9. The third-order valence-corrected chi connectivity index (χ3v) is 6.52. The number of hydrogen-bond acceptors (Lipinski definition) is 3. The Morgan fingerprint density at radius 3 is 2.54 bits per heavy atom. The van der Waals surface area contributed by atoms with Crippen molar-refractivity contribution >= 4 is 34.8 Å². The zero-order chi connectivity index (χ0) is 19.6. The topological polar surface area (TPSA) is 54.5 Å². The number of rotatable bonds is 2. The molecule has 2 fully saturated rings. The van der Waals surface area contributed by atoms with Crippen LogP contribution in [0.25, 0.3) is 5.57 Å². The van der Waals surface area contributed by atoms with Gasteiger partial charge >= 0.3 is 0 Å². The van der Waals surface area contributed by atoms with Crippen LogP contribution in [0.5, 0.6) is 0 Å². The Labute approximate surface area is 167 Å². The molecule has 0 unspecified atom stereocenters. The predicted octanol–water partition coefficient (Wildman–Crippen LogP) is 3.98. The van der Waals surface area contributed by atoms with Gasteiger partial charge in [-0.05, 0) is 41.3 Å². The largest absolute Gasteiger partial charge is 0.294 e. The number of allylic oxidation sites excluding steroid dienone is 2. The standard InChI is InChI=1S/C23H18ClNO3/c1-12-16-9-14(24)7-8-15(16)20-19(12)18(26)10-17-21(20)23(28)25(22(17)27)11-13-5-3-2-4-6-13/h2-9,17,20-21H,10-11H2,1H3/t17-,20+,21-/m1/s1. The molecule has 2 amide bonds. The molecular weight excluding hydrogens is 374 g/mol. The van der Waals surface area contributed by atoms with Gasteiger partial charge in [0, 0.05) is 22.9 Å². The molecule has 0 bridgehead atoms. The van der Waals surface area contributed by atoms with Gasteiger partial charge in [-0.15, -0.1) is 0 Å². The average Bonchev–Trinajstić information content (AvgIpc) is 3.10. The van der Waals surface area contributed by atoms with E-state index in [2.05, 4.69) is 0 Å². The summed E-state index contributed by atoms with van der Waals surface area (Å²) in [7, 11) is 0. The maximum atomic E-state index is 13.3. The van der Waals surface area contributed by atoms with Crippen LogP contribution in [0.15, 0.2) is 54.1 Å². The van der Waals surface area contributed by atoms with E-state index in [1.807, 2.05) is 49.4 Å². The average molecular weight is 392 g/mol. The van der Waals surface area contributed by atoms with Gasteiger partial charge in [-0.25, -0.2) is 0 Å². The monoisotopic (exact) mass is 391 g/mol. The van der Waals surface area contributed by atoms with E-state index in [1.165, 1.54) is 4.90 Å². The number of hydrogen-bond donors (Lipinski definition) is 0. The molecule has 3 atom stereocenters. The number of benzene rings is 2. The van der Waals surface area contributed by atoms with Crippen LogP contribution in [-0.4, -0.2) is 22.5 Å². The predicted molar refractivity (Wildman–Crippen MR) is 105 cm³/mol. The minimum Gasteiger partial charge on any atom is -0.294 e. The molecule has 2 aromatic rings. The molecule has 0 radical (unpaired) electrons. The lowest BCUT2D eigenvalue weighted by molar-refractivity contribution is -0.140. The van der Waals surface area contributed by atoms with E-state index in [-0.39, 0.29) is 36.5 Å². The minimum atomic E-state index is -0.577. The second-order valence-corrected chi connectivity index (χ2v) is 8.19. The van der Waals surface area contributed by atoms with Gasteiger partial charge in [0.05, 0.1) is 18.4 Å². The highest BCUT2D eigenvalue weighted by Crippen LogP contribution is 2.55. The molecular formula is C23H18ClNO3. The summed E-state index contributed by atoms with van der Waals surface area (Å²) >= 11 is 6.16. The van der Waals surface area contributed by atoms with Gasteiger partial charge in [0.2, 0.25) is 11.8 Å². The third kappa shape index (κ3) is 2.34. The first-order valence-corrected chi connectivity index (χ1v) is 9.78. The molecule has 2 aliphatic carbocycles. The second-order valence-electron chi connectivity index (χ2n) is 7.76. The van der Waals surface area contributed by atoms with Crippen molar-refractivity contribution in [1.29, 1.82) is 0 Å². The Bertz CT molecular complexity index is 1070. The van der Waals surface area contributed by atoms with E-state index in [9.17, 15) is 14.4 Å². The number of carbonyl (C=O) groups excluding carboxylic acids is 3. The summed E-state index contributed by atoms with van der Waals surface area (Å²) in [6.45, 7) is 2.16. The van der Waals surface area contributed by atoms with Crippen LogP contribution >= 0.6 is 11.6 Å². The number of Topliss-reactive ketones (excluding diaryl/α,β-unsaturated/α-hetero) is 1. The first kappa shape index (κ1) is 17.4. The van der Waals surface area contributed by atoms with Gasteiger partial charge in [-0.3, -0.25) is 19.3 Å². The van der Waals surface area contributed by atoms with Crippen LogP contribution in [0.3, 0.4) is 0 Å². The molecule has 0 aromatic heterocycles. The minimum absolute atomic E-state index is 0.0289. The SMILES string of the molecule is CC1=C2C(=O)C[C@H]3C(=O)N(Cc4ccccc4)C(=O)[C@H]3[C@H]2c2ccc(Cl)cc21. The molecule has 140 valence electrons. The number of imide groups is 1. The van der Waals surface area contributed by atoms with Gasteiger partial charge in [-0.1, -0.05) is 48.0 Å². The summed E-state index contributed by atoms with van der Waals surface area (Å²) in [5, 5.41) is 0.598. The molecule has 28 heavy (non-hydrogen) atoms. The van der Waals surface area contributed by atoms with E-state index >= 15 is 0 Å². The number of fused-ring (bicyclic) bond motifs is 5. The van der Waals surface area contributed by atoms with E-state index < -0.39 is 11.8 Å². The van der Waals surface area contributed by atoms with Crippen LogP contribution < -0.4 is 0 Å². The lowest BCUT2D eigenvalue weighted by atomic mass is 9.69. The van der Waals surface area contributed by atoms with Crippen molar-refractivity contribution in [3.8, 4) is 0 Å². The van der Waals surface area contributed by atoms with Gasteiger partial charge in [-0.2, -0.15) is 0 Å². The molecule has 1 aliphatic heterocycles. The van der Waals surface area contributed by atoms with Gasteiger partial charge in [0.15, 0.2) is 5.78 Å². The maximum absolute atomic E-state index is 13.3. The second kappa shape index (κ2) is 6.14. The van der Waals surface area contributed by atoms with Gasteiger partial charge < -0.3 is 0 Å². The Morgan fingerprint density at radius 2 is 1.79 bits per heavy atom. The summed E-state index contributed by atoms with van der Waals surface area (Å²) in [4.78, 5) is 40.6. The molecule has 0 spiro atoms. The molecule has 1 saturated carbocycles. The van der Waals surface area contributed by atoms with Crippen molar-refractivity contribution in [2.45, 2.75) is 25.8 Å². The number of amides is 2. The molecule has 1 heterocycles. The number of carbonyl (C=O) groups is 3. The number of halogens is 1. The highest BCUT2D eigenvalue weighted by molar-refractivity contribution is 6.31. The molecule has 5 heteroatoms.